The Bertz CT molecular complexity index is 762. The van der Waals surface area contributed by atoms with Gasteiger partial charge in [-0.2, -0.15) is 0 Å². The molecule has 0 aliphatic rings. The average Bonchev–Trinajstić information content (AvgIpc) is 3.05. The molecule has 5 heteroatoms. The standard InChI is InChI=1S/C15H13ClN2OS/c1-18-12(8-10-7-11(16)4-5-13(10)18)9-17-15(19)14-3-2-6-20-14/h2-8H,9H2,1H3,(H,17,19). The van der Waals surface area contributed by atoms with Crippen molar-refractivity contribution in [1.29, 1.82) is 0 Å². The van der Waals surface area contributed by atoms with Crippen molar-refractivity contribution in [2.75, 3.05) is 0 Å². The maximum absolute atomic E-state index is 11.9. The van der Waals surface area contributed by atoms with Crippen LogP contribution >= 0.6 is 22.9 Å². The van der Waals surface area contributed by atoms with Crippen LogP contribution in [0.5, 0.6) is 0 Å². The van der Waals surface area contributed by atoms with E-state index < -0.39 is 0 Å². The number of aryl methyl sites for hydroxylation is 1. The maximum Gasteiger partial charge on any atom is 0.261 e. The highest BCUT2D eigenvalue weighted by Crippen LogP contribution is 2.22. The molecule has 3 rings (SSSR count). The third-order valence-corrected chi connectivity index (χ3v) is 4.38. The van der Waals surface area contributed by atoms with Gasteiger partial charge >= 0.3 is 0 Å². The number of halogens is 1. The first kappa shape index (κ1) is 13.2. The van der Waals surface area contributed by atoms with Crippen LogP contribution in [0.4, 0.5) is 0 Å². The van der Waals surface area contributed by atoms with Gasteiger partial charge in [0.2, 0.25) is 0 Å². The fraction of sp³-hybridized carbons (Fsp3) is 0.133. The van der Waals surface area contributed by atoms with Crippen LogP contribution in [0.15, 0.2) is 41.8 Å². The summed E-state index contributed by atoms with van der Waals surface area (Å²) in [6.45, 7) is 0.500. The number of carbonyl (C=O) groups excluding carboxylic acids is 1. The zero-order chi connectivity index (χ0) is 14.1. The number of hydrogen-bond acceptors (Lipinski definition) is 2. The maximum atomic E-state index is 11.9. The third-order valence-electron chi connectivity index (χ3n) is 3.28. The molecule has 0 aliphatic carbocycles. The lowest BCUT2D eigenvalue weighted by Gasteiger charge is -2.05. The first-order valence-electron chi connectivity index (χ1n) is 6.21. The molecule has 0 saturated carbocycles. The number of thiophene rings is 1. The first-order valence-corrected chi connectivity index (χ1v) is 7.46. The molecule has 102 valence electrons. The topological polar surface area (TPSA) is 34.0 Å². The Kier molecular flexibility index (Phi) is 3.51. The molecule has 1 amide bonds. The Morgan fingerprint density at radius 1 is 1.35 bits per heavy atom. The van der Waals surface area contributed by atoms with Crippen LogP contribution in [-0.2, 0) is 13.6 Å². The fourth-order valence-corrected chi connectivity index (χ4v) is 3.03. The van der Waals surface area contributed by atoms with Crippen LogP contribution in [0, 0.1) is 0 Å². The van der Waals surface area contributed by atoms with E-state index in [1.165, 1.54) is 11.3 Å². The van der Waals surface area contributed by atoms with Crippen LogP contribution in [-0.4, -0.2) is 10.5 Å². The molecule has 20 heavy (non-hydrogen) atoms. The molecule has 3 aromatic rings. The van der Waals surface area contributed by atoms with Gasteiger partial charge in [0.15, 0.2) is 0 Å². The quantitative estimate of drug-likeness (QED) is 0.784. The molecule has 2 aromatic heterocycles. The summed E-state index contributed by atoms with van der Waals surface area (Å²) in [6, 6.07) is 11.5. The Morgan fingerprint density at radius 3 is 2.95 bits per heavy atom. The smallest absolute Gasteiger partial charge is 0.261 e. The second-order valence-electron chi connectivity index (χ2n) is 4.56. The molecule has 3 nitrogen and oxygen atoms in total. The Balaban J connectivity index is 1.81. The van der Waals surface area contributed by atoms with Gasteiger partial charge in [0.25, 0.3) is 5.91 Å². The molecule has 0 unspecified atom stereocenters. The normalized spacial score (nSPS) is 10.9. The van der Waals surface area contributed by atoms with Crippen molar-refractivity contribution in [3.63, 3.8) is 0 Å². The van der Waals surface area contributed by atoms with E-state index in [0.717, 1.165) is 26.5 Å². The lowest BCUT2D eigenvalue weighted by molar-refractivity contribution is 0.0954. The largest absolute Gasteiger partial charge is 0.346 e. The van der Waals surface area contributed by atoms with Crippen LogP contribution in [0.1, 0.15) is 15.4 Å². The van der Waals surface area contributed by atoms with Gasteiger partial charge in [0.1, 0.15) is 0 Å². The molecule has 0 bridgehead atoms. The molecule has 0 saturated heterocycles. The van der Waals surface area contributed by atoms with Crippen molar-refractivity contribution < 1.29 is 4.79 Å². The van der Waals surface area contributed by atoms with E-state index in [0.29, 0.717) is 6.54 Å². The Morgan fingerprint density at radius 2 is 2.20 bits per heavy atom. The Hall–Kier alpha value is -1.78. The van der Waals surface area contributed by atoms with Gasteiger partial charge in [-0.1, -0.05) is 17.7 Å². The summed E-state index contributed by atoms with van der Waals surface area (Å²) in [4.78, 5) is 12.7. The molecule has 0 aliphatic heterocycles. The van der Waals surface area contributed by atoms with E-state index in [9.17, 15) is 4.79 Å². The first-order chi connectivity index (χ1) is 9.65. The minimum absolute atomic E-state index is 0.0386. The highest BCUT2D eigenvalue weighted by Gasteiger charge is 2.09. The van der Waals surface area contributed by atoms with Crippen molar-refractivity contribution in [2.24, 2.45) is 7.05 Å². The Labute approximate surface area is 125 Å². The molecular weight excluding hydrogens is 292 g/mol. The van der Waals surface area contributed by atoms with Gasteiger partial charge in [0, 0.05) is 28.7 Å². The van der Waals surface area contributed by atoms with Gasteiger partial charge in [0.05, 0.1) is 11.4 Å². The van der Waals surface area contributed by atoms with Gasteiger partial charge in [-0.25, -0.2) is 0 Å². The lowest BCUT2D eigenvalue weighted by Crippen LogP contribution is -2.22. The average molecular weight is 305 g/mol. The highest BCUT2D eigenvalue weighted by molar-refractivity contribution is 7.12. The van der Waals surface area contributed by atoms with E-state index in [1.807, 2.05) is 42.8 Å². The number of nitrogens with one attached hydrogen (secondary N) is 1. The highest BCUT2D eigenvalue weighted by atomic mass is 35.5. The number of fused-ring (bicyclic) bond motifs is 1. The molecule has 2 heterocycles. The number of nitrogens with zero attached hydrogens (tertiary/aromatic N) is 1. The second-order valence-corrected chi connectivity index (χ2v) is 5.94. The van der Waals surface area contributed by atoms with Crippen LogP contribution in [0.3, 0.4) is 0 Å². The molecule has 1 aromatic carbocycles. The monoisotopic (exact) mass is 304 g/mol. The molecule has 0 atom stereocenters. The van der Waals surface area contributed by atoms with Crippen molar-refractivity contribution in [3.8, 4) is 0 Å². The minimum Gasteiger partial charge on any atom is -0.346 e. The van der Waals surface area contributed by atoms with Gasteiger partial charge in [-0.05, 0) is 35.7 Å². The van der Waals surface area contributed by atoms with E-state index in [1.54, 1.807) is 0 Å². The van der Waals surface area contributed by atoms with E-state index in [2.05, 4.69) is 16.0 Å². The van der Waals surface area contributed by atoms with Crippen molar-refractivity contribution in [1.82, 2.24) is 9.88 Å². The summed E-state index contributed by atoms with van der Waals surface area (Å²) in [6.07, 6.45) is 0. The number of rotatable bonds is 3. The summed E-state index contributed by atoms with van der Waals surface area (Å²) < 4.78 is 2.07. The minimum atomic E-state index is -0.0386. The zero-order valence-corrected chi connectivity index (χ0v) is 12.5. The second kappa shape index (κ2) is 5.31. The summed E-state index contributed by atoms with van der Waals surface area (Å²) >= 11 is 7.44. The predicted octanol–water partition coefficient (Wildman–Crippen LogP) is 3.82. The molecule has 0 fully saturated rings. The van der Waals surface area contributed by atoms with Crippen LogP contribution in [0.2, 0.25) is 5.02 Å². The zero-order valence-electron chi connectivity index (χ0n) is 10.9. The number of hydrogen-bond donors (Lipinski definition) is 1. The number of carbonyl (C=O) groups is 1. The number of aromatic nitrogens is 1. The van der Waals surface area contributed by atoms with Crippen molar-refractivity contribution >= 4 is 39.7 Å². The van der Waals surface area contributed by atoms with Crippen molar-refractivity contribution in [2.45, 2.75) is 6.54 Å². The summed E-state index contributed by atoms with van der Waals surface area (Å²) in [5.41, 5.74) is 2.15. The SMILES string of the molecule is Cn1c(CNC(=O)c2cccs2)cc2cc(Cl)ccc21. The predicted molar refractivity (Wildman–Crippen MR) is 83.4 cm³/mol. The van der Waals surface area contributed by atoms with E-state index in [4.69, 9.17) is 11.6 Å². The van der Waals surface area contributed by atoms with Gasteiger partial charge < -0.3 is 9.88 Å². The van der Waals surface area contributed by atoms with E-state index >= 15 is 0 Å². The lowest BCUT2D eigenvalue weighted by atomic mass is 10.2. The van der Waals surface area contributed by atoms with Gasteiger partial charge in [-0.15, -0.1) is 11.3 Å². The third kappa shape index (κ3) is 2.44. The molecular formula is C15H13ClN2OS. The number of amides is 1. The molecule has 0 spiro atoms. The van der Waals surface area contributed by atoms with Crippen LogP contribution in [0.25, 0.3) is 10.9 Å². The molecule has 0 radical (unpaired) electrons. The summed E-state index contributed by atoms with van der Waals surface area (Å²) in [5.74, 6) is -0.0386. The van der Waals surface area contributed by atoms with Gasteiger partial charge in [-0.3, -0.25) is 4.79 Å². The summed E-state index contributed by atoms with van der Waals surface area (Å²) in [7, 11) is 1.99. The number of benzene rings is 1. The summed E-state index contributed by atoms with van der Waals surface area (Å²) in [5, 5.41) is 6.64. The van der Waals surface area contributed by atoms with Crippen molar-refractivity contribution in [3.05, 3.63) is 57.4 Å². The van der Waals surface area contributed by atoms with E-state index in [-0.39, 0.29) is 5.91 Å². The van der Waals surface area contributed by atoms with Crippen LogP contribution < -0.4 is 5.32 Å². The molecule has 1 N–H and O–H groups in total. The fourth-order valence-electron chi connectivity index (χ4n) is 2.21.